The fourth-order valence-corrected chi connectivity index (χ4v) is 3.20. The normalized spacial score (nSPS) is 24.6. The summed E-state index contributed by atoms with van der Waals surface area (Å²) in [6.07, 6.45) is 1.57. The standard InChI is InChI=1S/C16H25N3O4/c1-4-6-16(10-20)9-19(7-5-13(16)21)15-17-11(2)8-12(18-15)14(22)23-3/h8,13,20-21H,4-7,9-10H2,1-3H3/t13-,16+/m1/s1. The molecule has 1 fully saturated rings. The van der Waals surface area contributed by atoms with Crippen LogP contribution in [0, 0.1) is 12.3 Å². The molecular formula is C16H25N3O4. The van der Waals surface area contributed by atoms with Gasteiger partial charge in [0, 0.05) is 24.2 Å². The third-order valence-corrected chi connectivity index (χ3v) is 4.47. The summed E-state index contributed by atoms with van der Waals surface area (Å²) in [5.41, 5.74) is 0.309. The van der Waals surface area contributed by atoms with E-state index in [4.69, 9.17) is 4.74 Å². The van der Waals surface area contributed by atoms with Gasteiger partial charge < -0.3 is 19.8 Å². The Morgan fingerprint density at radius 2 is 2.26 bits per heavy atom. The number of esters is 1. The number of rotatable bonds is 5. The van der Waals surface area contributed by atoms with Gasteiger partial charge >= 0.3 is 5.97 Å². The van der Waals surface area contributed by atoms with Crippen LogP contribution in [0.25, 0.3) is 0 Å². The molecule has 2 atom stereocenters. The highest BCUT2D eigenvalue weighted by Crippen LogP contribution is 2.35. The van der Waals surface area contributed by atoms with Gasteiger partial charge in [-0.3, -0.25) is 0 Å². The summed E-state index contributed by atoms with van der Waals surface area (Å²) in [6, 6.07) is 1.58. The van der Waals surface area contributed by atoms with Crippen LogP contribution < -0.4 is 4.90 Å². The molecule has 0 spiro atoms. The van der Waals surface area contributed by atoms with Gasteiger partial charge in [0.2, 0.25) is 5.95 Å². The SMILES string of the molecule is CCC[C@@]1(CO)CN(c2nc(C)cc(C(=O)OC)n2)CC[C@H]1O. The molecular weight excluding hydrogens is 298 g/mol. The molecule has 1 aromatic rings. The van der Waals surface area contributed by atoms with Crippen molar-refractivity contribution in [3.8, 4) is 0 Å². The average molecular weight is 323 g/mol. The van der Waals surface area contributed by atoms with E-state index in [-0.39, 0.29) is 12.3 Å². The topological polar surface area (TPSA) is 95.8 Å². The van der Waals surface area contributed by atoms with Crippen LogP contribution in [0.15, 0.2) is 6.07 Å². The Hall–Kier alpha value is -1.73. The van der Waals surface area contributed by atoms with Crippen LogP contribution in [0.5, 0.6) is 0 Å². The van der Waals surface area contributed by atoms with Crippen LogP contribution >= 0.6 is 0 Å². The van der Waals surface area contributed by atoms with E-state index in [1.165, 1.54) is 7.11 Å². The number of aliphatic hydroxyl groups is 2. The second kappa shape index (κ2) is 7.23. The lowest BCUT2D eigenvalue weighted by atomic mass is 9.74. The number of nitrogens with zero attached hydrogens (tertiary/aromatic N) is 3. The van der Waals surface area contributed by atoms with Gasteiger partial charge in [0.05, 0.1) is 19.8 Å². The maximum absolute atomic E-state index is 11.7. The van der Waals surface area contributed by atoms with Gasteiger partial charge in [0.15, 0.2) is 5.69 Å². The zero-order valence-electron chi connectivity index (χ0n) is 13.9. The molecule has 0 radical (unpaired) electrons. The number of carbonyl (C=O) groups excluding carboxylic acids is 1. The van der Waals surface area contributed by atoms with Crippen molar-refractivity contribution in [1.29, 1.82) is 0 Å². The van der Waals surface area contributed by atoms with Crippen molar-refractivity contribution in [3.05, 3.63) is 17.5 Å². The lowest BCUT2D eigenvalue weighted by molar-refractivity contribution is -0.0355. The Labute approximate surface area is 136 Å². The minimum Gasteiger partial charge on any atom is -0.464 e. The molecule has 0 aliphatic carbocycles. The molecule has 0 saturated carbocycles. The lowest BCUT2D eigenvalue weighted by Crippen LogP contribution is -2.54. The Morgan fingerprint density at radius 3 is 2.87 bits per heavy atom. The maximum atomic E-state index is 11.7. The third kappa shape index (κ3) is 3.61. The van der Waals surface area contributed by atoms with E-state index in [1.54, 1.807) is 13.0 Å². The van der Waals surface area contributed by atoms with Gasteiger partial charge in [-0.25, -0.2) is 14.8 Å². The number of methoxy groups -OCH3 is 1. The van der Waals surface area contributed by atoms with E-state index >= 15 is 0 Å². The summed E-state index contributed by atoms with van der Waals surface area (Å²) in [5.74, 6) is -0.0676. The molecule has 0 amide bonds. The van der Waals surface area contributed by atoms with Crippen molar-refractivity contribution in [2.24, 2.45) is 5.41 Å². The number of piperidine rings is 1. The van der Waals surface area contributed by atoms with Crippen LogP contribution in [0.3, 0.4) is 0 Å². The number of aryl methyl sites for hydroxylation is 1. The first-order chi connectivity index (χ1) is 11.0. The van der Waals surface area contributed by atoms with Crippen molar-refractivity contribution in [2.75, 3.05) is 31.7 Å². The molecule has 1 saturated heterocycles. The summed E-state index contributed by atoms with van der Waals surface area (Å²) < 4.78 is 4.72. The van der Waals surface area contributed by atoms with Crippen molar-refractivity contribution in [2.45, 2.75) is 39.2 Å². The van der Waals surface area contributed by atoms with Crippen LogP contribution in [0.2, 0.25) is 0 Å². The third-order valence-electron chi connectivity index (χ3n) is 4.47. The zero-order chi connectivity index (χ0) is 17.0. The van der Waals surface area contributed by atoms with E-state index in [9.17, 15) is 15.0 Å². The lowest BCUT2D eigenvalue weighted by Gasteiger charge is -2.45. The summed E-state index contributed by atoms with van der Waals surface area (Å²) >= 11 is 0. The van der Waals surface area contributed by atoms with Crippen molar-refractivity contribution >= 4 is 11.9 Å². The monoisotopic (exact) mass is 323 g/mol. The minimum atomic E-state index is -0.578. The Bertz CT molecular complexity index is 566. The van der Waals surface area contributed by atoms with Gasteiger partial charge in [0.1, 0.15) is 0 Å². The molecule has 7 nitrogen and oxygen atoms in total. The van der Waals surface area contributed by atoms with E-state index in [0.717, 1.165) is 12.8 Å². The van der Waals surface area contributed by atoms with Gasteiger partial charge in [-0.2, -0.15) is 0 Å². The van der Waals surface area contributed by atoms with E-state index < -0.39 is 17.5 Å². The van der Waals surface area contributed by atoms with Gasteiger partial charge in [-0.15, -0.1) is 0 Å². The van der Waals surface area contributed by atoms with Gasteiger partial charge in [0.25, 0.3) is 0 Å². The Kier molecular flexibility index (Phi) is 5.54. The average Bonchev–Trinajstić information content (AvgIpc) is 2.55. The fraction of sp³-hybridized carbons (Fsp3) is 0.688. The second-order valence-corrected chi connectivity index (χ2v) is 6.18. The number of hydrogen-bond donors (Lipinski definition) is 2. The molecule has 2 N–H and O–H groups in total. The van der Waals surface area contributed by atoms with Crippen LogP contribution in [-0.2, 0) is 4.74 Å². The quantitative estimate of drug-likeness (QED) is 0.778. The fourth-order valence-electron chi connectivity index (χ4n) is 3.20. The van der Waals surface area contributed by atoms with Gasteiger partial charge in [-0.1, -0.05) is 13.3 Å². The van der Waals surface area contributed by atoms with Crippen molar-refractivity contribution in [1.82, 2.24) is 9.97 Å². The molecule has 1 aromatic heterocycles. The summed E-state index contributed by atoms with van der Waals surface area (Å²) in [5, 5.41) is 20.2. The highest BCUT2D eigenvalue weighted by atomic mass is 16.5. The number of ether oxygens (including phenoxy) is 1. The highest BCUT2D eigenvalue weighted by Gasteiger charge is 2.42. The summed E-state index contributed by atoms with van der Waals surface area (Å²) in [4.78, 5) is 22.3. The van der Waals surface area contributed by atoms with E-state index in [2.05, 4.69) is 9.97 Å². The largest absolute Gasteiger partial charge is 0.464 e. The van der Waals surface area contributed by atoms with Crippen molar-refractivity contribution < 1.29 is 19.7 Å². The van der Waals surface area contributed by atoms with Crippen molar-refractivity contribution in [3.63, 3.8) is 0 Å². The number of aromatic nitrogens is 2. The zero-order valence-corrected chi connectivity index (χ0v) is 13.9. The predicted octanol–water partition coefficient (Wildman–Crippen LogP) is 0.921. The van der Waals surface area contributed by atoms with Crippen LogP contribution in [0.4, 0.5) is 5.95 Å². The Balaban J connectivity index is 2.31. The first-order valence-electron chi connectivity index (χ1n) is 7.93. The first kappa shape index (κ1) is 17.6. The number of carbonyl (C=O) groups is 1. The molecule has 1 aliphatic rings. The second-order valence-electron chi connectivity index (χ2n) is 6.18. The van der Waals surface area contributed by atoms with E-state index in [1.807, 2.05) is 11.8 Å². The van der Waals surface area contributed by atoms with Crippen LogP contribution in [0.1, 0.15) is 42.4 Å². The number of aliphatic hydroxyl groups excluding tert-OH is 2. The number of hydrogen-bond acceptors (Lipinski definition) is 7. The van der Waals surface area contributed by atoms with Crippen LogP contribution in [-0.4, -0.2) is 59.1 Å². The maximum Gasteiger partial charge on any atom is 0.356 e. The van der Waals surface area contributed by atoms with E-state index in [0.29, 0.717) is 31.2 Å². The summed E-state index contributed by atoms with van der Waals surface area (Å²) in [6.45, 7) is 4.77. The highest BCUT2D eigenvalue weighted by molar-refractivity contribution is 5.87. The molecule has 0 aromatic carbocycles. The molecule has 1 aliphatic heterocycles. The Morgan fingerprint density at radius 1 is 1.52 bits per heavy atom. The molecule has 2 heterocycles. The summed E-state index contributed by atoms with van der Waals surface area (Å²) in [7, 11) is 1.31. The molecule has 128 valence electrons. The number of anilines is 1. The first-order valence-corrected chi connectivity index (χ1v) is 7.93. The minimum absolute atomic E-state index is 0.0891. The molecule has 2 rings (SSSR count). The smallest absolute Gasteiger partial charge is 0.356 e. The molecule has 0 bridgehead atoms. The molecule has 0 unspecified atom stereocenters. The predicted molar refractivity (Wildman–Crippen MR) is 85.4 cm³/mol. The molecule has 7 heteroatoms. The molecule has 23 heavy (non-hydrogen) atoms. The van der Waals surface area contributed by atoms with Gasteiger partial charge in [-0.05, 0) is 25.8 Å².